The van der Waals surface area contributed by atoms with Crippen molar-refractivity contribution in [1.29, 1.82) is 0 Å². The van der Waals surface area contributed by atoms with Crippen molar-refractivity contribution in [3.8, 4) is 5.75 Å². The molecule has 2 heteroatoms. The molecule has 0 radical (unpaired) electrons. The van der Waals surface area contributed by atoms with Crippen LogP contribution in [-0.4, -0.2) is 7.11 Å². The first-order valence-electron chi connectivity index (χ1n) is 5.71. The van der Waals surface area contributed by atoms with Gasteiger partial charge in [-0.3, -0.25) is 0 Å². The van der Waals surface area contributed by atoms with Gasteiger partial charge in [-0.15, -0.1) is 0 Å². The van der Waals surface area contributed by atoms with Crippen LogP contribution >= 0.6 is 0 Å². The summed E-state index contributed by atoms with van der Waals surface area (Å²) in [6, 6.07) is 7.69. The fraction of sp³-hybridized carbons (Fsp3) is 0.200. The van der Waals surface area contributed by atoms with E-state index in [0.717, 1.165) is 11.3 Å². The van der Waals surface area contributed by atoms with Crippen molar-refractivity contribution >= 4 is 6.08 Å². The summed E-state index contributed by atoms with van der Waals surface area (Å²) >= 11 is 0. The lowest BCUT2D eigenvalue weighted by Gasteiger charge is -1.98. The normalized spacial score (nSPS) is 13.2. The molecular formula is C15H19NO. The second kappa shape index (κ2) is 8.22. The van der Waals surface area contributed by atoms with E-state index in [1.54, 1.807) is 7.11 Å². The number of rotatable bonds is 2. The first-order chi connectivity index (χ1) is 8.36. The van der Waals surface area contributed by atoms with Crippen molar-refractivity contribution < 1.29 is 4.74 Å². The van der Waals surface area contributed by atoms with Crippen LogP contribution < -0.4 is 10.5 Å². The van der Waals surface area contributed by atoms with Gasteiger partial charge in [-0.1, -0.05) is 36.4 Å². The Balaban J connectivity index is 0.000000202. The Kier molecular flexibility index (Phi) is 6.34. The molecule has 1 aliphatic rings. The third-order valence-electron chi connectivity index (χ3n) is 2.29. The monoisotopic (exact) mass is 229 g/mol. The van der Waals surface area contributed by atoms with E-state index in [1.165, 1.54) is 19.0 Å². The summed E-state index contributed by atoms with van der Waals surface area (Å²) in [6.45, 7) is 0. The van der Waals surface area contributed by atoms with Gasteiger partial charge in [0.2, 0.25) is 0 Å². The van der Waals surface area contributed by atoms with E-state index >= 15 is 0 Å². The number of hydrogen-bond acceptors (Lipinski definition) is 2. The maximum Gasteiger partial charge on any atom is 0.118 e. The van der Waals surface area contributed by atoms with E-state index in [0.29, 0.717) is 0 Å². The molecule has 0 bridgehead atoms. The molecule has 0 amide bonds. The van der Waals surface area contributed by atoms with Gasteiger partial charge < -0.3 is 10.5 Å². The van der Waals surface area contributed by atoms with Gasteiger partial charge in [0.1, 0.15) is 5.75 Å². The van der Waals surface area contributed by atoms with Gasteiger partial charge in [0.25, 0.3) is 0 Å². The molecular weight excluding hydrogens is 210 g/mol. The summed E-state index contributed by atoms with van der Waals surface area (Å²) in [5.74, 6) is 0.860. The summed E-state index contributed by atoms with van der Waals surface area (Å²) in [5.41, 5.74) is 6.30. The highest BCUT2D eigenvalue weighted by atomic mass is 16.5. The van der Waals surface area contributed by atoms with E-state index in [1.807, 2.05) is 30.3 Å². The molecule has 0 aromatic heterocycles. The Morgan fingerprint density at radius 2 is 1.65 bits per heavy atom. The minimum absolute atomic E-state index is 0.860. The van der Waals surface area contributed by atoms with Gasteiger partial charge in [-0.05, 0) is 42.8 Å². The Hall–Kier alpha value is -1.96. The zero-order chi connectivity index (χ0) is 12.3. The van der Waals surface area contributed by atoms with Crippen LogP contribution in [0.4, 0.5) is 0 Å². The summed E-state index contributed by atoms with van der Waals surface area (Å²) in [7, 11) is 1.65. The van der Waals surface area contributed by atoms with Gasteiger partial charge >= 0.3 is 0 Å². The van der Waals surface area contributed by atoms with E-state index in [2.05, 4.69) is 24.3 Å². The van der Waals surface area contributed by atoms with Gasteiger partial charge in [-0.25, -0.2) is 0 Å². The number of nitrogens with two attached hydrogens (primary N) is 1. The van der Waals surface area contributed by atoms with Crippen LogP contribution in [0.25, 0.3) is 6.08 Å². The average molecular weight is 229 g/mol. The predicted octanol–water partition coefficient (Wildman–Crippen LogP) is 3.52. The van der Waals surface area contributed by atoms with E-state index in [9.17, 15) is 0 Å². The summed E-state index contributed by atoms with van der Waals surface area (Å²) in [6.07, 6.45) is 14.3. The zero-order valence-corrected chi connectivity index (χ0v) is 10.2. The minimum atomic E-state index is 0.860. The smallest absolute Gasteiger partial charge is 0.118 e. The van der Waals surface area contributed by atoms with Crippen LogP contribution in [0, 0.1) is 0 Å². The molecule has 0 heterocycles. The first kappa shape index (κ1) is 13.1. The number of hydrogen-bond donors (Lipinski definition) is 1. The summed E-state index contributed by atoms with van der Waals surface area (Å²) in [4.78, 5) is 0. The van der Waals surface area contributed by atoms with Crippen molar-refractivity contribution in [3.05, 3.63) is 60.3 Å². The Bertz CT molecular complexity index is 376. The van der Waals surface area contributed by atoms with Gasteiger partial charge in [0.15, 0.2) is 0 Å². The number of benzene rings is 1. The molecule has 0 spiro atoms. The Morgan fingerprint density at radius 3 is 2.00 bits per heavy atom. The molecule has 17 heavy (non-hydrogen) atoms. The Labute approximate surface area is 103 Å². The largest absolute Gasteiger partial charge is 0.497 e. The highest BCUT2D eigenvalue weighted by molar-refractivity contribution is 5.49. The molecule has 1 aliphatic carbocycles. The number of allylic oxidation sites excluding steroid dienone is 4. The highest BCUT2D eigenvalue weighted by Crippen LogP contribution is 2.11. The summed E-state index contributed by atoms with van der Waals surface area (Å²) < 4.78 is 4.99. The topological polar surface area (TPSA) is 35.2 Å². The van der Waals surface area contributed by atoms with Crippen molar-refractivity contribution in [1.82, 2.24) is 0 Å². The van der Waals surface area contributed by atoms with Crippen LogP contribution in [0.2, 0.25) is 0 Å². The van der Waals surface area contributed by atoms with Crippen LogP contribution in [0.1, 0.15) is 18.4 Å². The second-order valence-electron chi connectivity index (χ2n) is 3.57. The van der Waals surface area contributed by atoms with E-state index < -0.39 is 0 Å². The maximum absolute atomic E-state index is 5.22. The molecule has 2 rings (SSSR count). The van der Waals surface area contributed by atoms with Crippen LogP contribution in [0.5, 0.6) is 5.75 Å². The molecule has 2 nitrogen and oxygen atoms in total. The zero-order valence-electron chi connectivity index (χ0n) is 10.2. The Morgan fingerprint density at radius 1 is 1.06 bits per heavy atom. The van der Waals surface area contributed by atoms with Crippen molar-refractivity contribution in [2.45, 2.75) is 12.8 Å². The predicted molar refractivity (Wildman–Crippen MR) is 73.7 cm³/mol. The number of ether oxygens (including phenoxy) is 1. The van der Waals surface area contributed by atoms with E-state index in [-0.39, 0.29) is 0 Å². The van der Waals surface area contributed by atoms with Crippen LogP contribution in [0.15, 0.2) is 54.8 Å². The molecule has 2 N–H and O–H groups in total. The lowest BCUT2D eigenvalue weighted by atomic mass is 10.2. The number of methoxy groups -OCH3 is 1. The molecule has 0 saturated heterocycles. The van der Waals surface area contributed by atoms with Crippen molar-refractivity contribution in [2.75, 3.05) is 7.11 Å². The van der Waals surface area contributed by atoms with Crippen molar-refractivity contribution in [2.24, 2.45) is 5.73 Å². The molecule has 0 aliphatic heterocycles. The fourth-order valence-electron chi connectivity index (χ4n) is 1.37. The van der Waals surface area contributed by atoms with Gasteiger partial charge in [-0.2, -0.15) is 0 Å². The highest BCUT2D eigenvalue weighted by Gasteiger charge is 1.88. The van der Waals surface area contributed by atoms with Crippen molar-refractivity contribution in [3.63, 3.8) is 0 Å². The van der Waals surface area contributed by atoms with E-state index in [4.69, 9.17) is 10.5 Å². The molecule has 1 aromatic carbocycles. The average Bonchev–Trinajstić information content (AvgIpc) is 2.43. The third kappa shape index (κ3) is 5.61. The molecule has 0 fully saturated rings. The molecule has 0 saturated carbocycles. The molecule has 1 aromatic rings. The molecule has 0 unspecified atom stereocenters. The maximum atomic E-state index is 5.22. The molecule has 90 valence electrons. The van der Waals surface area contributed by atoms with Crippen LogP contribution in [0.3, 0.4) is 0 Å². The van der Waals surface area contributed by atoms with Gasteiger partial charge in [0.05, 0.1) is 7.11 Å². The minimum Gasteiger partial charge on any atom is -0.497 e. The lowest BCUT2D eigenvalue weighted by molar-refractivity contribution is 0.415. The van der Waals surface area contributed by atoms with Crippen LogP contribution in [-0.2, 0) is 0 Å². The summed E-state index contributed by atoms with van der Waals surface area (Å²) in [5, 5.41) is 0. The second-order valence-corrected chi connectivity index (χ2v) is 3.57. The molecule has 0 atom stereocenters. The SMILES string of the molecule is C1=CCCC=C1.COc1ccc(/C=C/N)cc1. The quantitative estimate of drug-likeness (QED) is 0.842. The first-order valence-corrected chi connectivity index (χ1v) is 5.71. The van der Waals surface area contributed by atoms with Gasteiger partial charge in [0, 0.05) is 0 Å². The lowest BCUT2D eigenvalue weighted by Crippen LogP contribution is -1.82. The third-order valence-corrected chi connectivity index (χ3v) is 2.29. The fourth-order valence-corrected chi connectivity index (χ4v) is 1.37. The standard InChI is InChI=1S/C9H11NO.C6H8/c1-11-9-4-2-8(3-5-9)6-7-10;1-2-4-6-5-3-1/h2-7H,10H2,1H3;1-4H,5-6H2/b7-6+;.